The molecule has 2 atom stereocenters. The Balaban J connectivity index is 2.81. The third-order valence-corrected chi connectivity index (χ3v) is 3.36. The molecule has 2 N–H and O–H groups in total. The Hall–Kier alpha value is -0.910. The van der Waals surface area contributed by atoms with E-state index in [0.717, 1.165) is 18.4 Å². The zero-order chi connectivity index (χ0) is 12.8. The summed E-state index contributed by atoms with van der Waals surface area (Å²) in [7, 11) is 1.54. The summed E-state index contributed by atoms with van der Waals surface area (Å²) in [6.45, 7) is 2.08. The van der Waals surface area contributed by atoms with E-state index in [0.29, 0.717) is 12.1 Å². The van der Waals surface area contributed by atoms with Crippen molar-refractivity contribution >= 4 is 17.0 Å². The van der Waals surface area contributed by atoms with Crippen LogP contribution in [0.2, 0.25) is 0 Å². The van der Waals surface area contributed by atoms with E-state index in [4.69, 9.17) is 4.55 Å². The van der Waals surface area contributed by atoms with E-state index in [1.54, 1.807) is 18.2 Å². The van der Waals surface area contributed by atoms with Gasteiger partial charge in [-0.15, -0.1) is 0 Å². The number of aliphatic hydroxyl groups is 1. The van der Waals surface area contributed by atoms with Crippen molar-refractivity contribution in [2.45, 2.75) is 32.3 Å². The summed E-state index contributed by atoms with van der Waals surface area (Å²) in [5.74, 6) is 0. The fourth-order valence-electron chi connectivity index (χ4n) is 1.58. The van der Waals surface area contributed by atoms with Gasteiger partial charge in [-0.3, -0.25) is 8.86 Å². The lowest BCUT2D eigenvalue weighted by atomic mass is 10.0. The van der Waals surface area contributed by atoms with E-state index in [1.165, 1.54) is 11.4 Å². The van der Waals surface area contributed by atoms with Gasteiger partial charge in [0.25, 0.3) is 11.3 Å². The summed E-state index contributed by atoms with van der Waals surface area (Å²) < 4.78 is 21.2. The van der Waals surface area contributed by atoms with Gasteiger partial charge in [0.05, 0.1) is 11.8 Å². The maximum atomic E-state index is 10.9. The van der Waals surface area contributed by atoms with E-state index < -0.39 is 17.4 Å². The average molecular weight is 257 g/mol. The highest BCUT2D eigenvalue weighted by atomic mass is 32.2. The van der Waals surface area contributed by atoms with Gasteiger partial charge in [-0.05, 0) is 24.1 Å². The highest BCUT2D eigenvalue weighted by Gasteiger charge is 2.11. The maximum absolute atomic E-state index is 10.9. The van der Waals surface area contributed by atoms with E-state index in [1.807, 2.05) is 6.07 Å². The van der Waals surface area contributed by atoms with E-state index in [-0.39, 0.29) is 0 Å². The third kappa shape index (κ3) is 4.11. The Kier molecular flexibility index (Phi) is 5.61. The highest BCUT2D eigenvalue weighted by Crippen LogP contribution is 2.23. The van der Waals surface area contributed by atoms with Crippen molar-refractivity contribution in [3.05, 3.63) is 29.8 Å². The molecule has 1 aromatic carbocycles. The lowest BCUT2D eigenvalue weighted by molar-refractivity contribution is 0.164. The van der Waals surface area contributed by atoms with Crippen LogP contribution in [0, 0.1) is 0 Å². The fraction of sp³-hybridized carbons (Fsp3) is 0.500. The summed E-state index contributed by atoms with van der Waals surface area (Å²) in [5.41, 5.74) is 1.41. The summed E-state index contributed by atoms with van der Waals surface area (Å²) in [6, 6.07) is 7.10. The van der Waals surface area contributed by atoms with Crippen molar-refractivity contribution in [1.29, 1.82) is 0 Å². The number of hydrogen-bond acceptors (Lipinski definition) is 2. The first-order valence-corrected chi connectivity index (χ1v) is 6.75. The quantitative estimate of drug-likeness (QED) is 0.770. The van der Waals surface area contributed by atoms with Gasteiger partial charge in [0, 0.05) is 7.05 Å². The van der Waals surface area contributed by atoms with Crippen molar-refractivity contribution in [2.75, 3.05) is 11.4 Å². The Morgan fingerprint density at radius 3 is 2.76 bits per heavy atom. The number of unbranched alkanes of at least 4 members (excludes halogenated alkanes) is 1. The summed E-state index contributed by atoms with van der Waals surface area (Å²) in [6.07, 6.45) is 2.21. The molecule has 0 aliphatic heterocycles. The molecule has 0 aliphatic rings. The molecule has 4 nitrogen and oxygen atoms in total. The average Bonchev–Trinajstić information content (AvgIpc) is 2.35. The number of hydrogen-bond donors (Lipinski definition) is 2. The fourth-order valence-corrected chi connectivity index (χ4v) is 1.88. The molecule has 0 amide bonds. The standard InChI is InChI=1S/C12H19NO3S/c1-3-4-8-12(14)10-6-5-7-11(9-10)13(2)17(15)16/h5-7,9,12,14H,3-4,8H2,1-2H3,(H,15,16). The lowest BCUT2D eigenvalue weighted by Gasteiger charge is -2.16. The zero-order valence-corrected chi connectivity index (χ0v) is 11.0. The molecule has 2 unspecified atom stereocenters. The molecule has 0 fully saturated rings. The van der Waals surface area contributed by atoms with Gasteiger partial charge in [-0.1, -0.05) is 31.9 Å². The molecular formula is C12H19NO3S. The molecule has 0 saturated carbocycles. The molecule has 0 aliphatic carbocycles. The van der Waals surface area contributed by atoms with E-state index >= 15 is 0 Å². The molecule has 0 saturated heterocycles. The van der Waals surface area contributed by atoms with Crippen LogP contribution in [-0.2, 0) is 11.3 Å². The van der Waals surface area contributed by atoms with Crippen molar-refractivity contribution in [1.82, 2.24) is 0 Å². The molecule has 0 heterocycles. The Morgan fingerprint density at radius 1 is 1.47 bits per heavy atom. The van der Waals surface area contributed by atoms with Crippen LogP contribution >= 0.6 is 0 Å². The van der Waals surface area contributed by atoms with Crippen LogP contribution in [-0.4, -0.2) is 20.9 Å². The molecule has 17 heavy (non-hydrogen) atoms. The number of benzene rings is 1. The first-order chi connectivity index (χ1) is 8.06. The molecule has 96 valence electrons. The Bertz CT molecular complexity index is 384. The minimum Gasteiger partial charge on any atom is -0.388 e. The molecule has 0 radical (unpaired) electrons. The summed E-state index contributed by atoms with van der Waals surface area (Å²) in [4.78, 5) is 0. The van der Waals surface area contributed by atoms with Gasteiger partial charge >= 0.3 is 0 Å². The zero-order valence-electron chi connectivity index (χ0n) is 10.2. The predicted octanol–water partition coefficient (Wildman–Crippen LogP) is 2.48. The molecule has 1 aromatic rings. The maximum Gasteiger partial charge on any atom is 0.261 e. The van der Waals surface area contributed by atoms with Crippen LogP contribution < -0.4 is 4.31 Å². The normalized spacial score (nSPS) is 14.4. The van der Waals surface area contributed by atoms with Gasteiger partial charge < -0.3 is 5.11 Å². The van der Waals surface area contributed by atoms with Gasteiger partial charge in [0.2, 0.25) is 0 Å². The molecule has 0 aromatic heterocycles. The topological polar surface area (TPSA) is 60.8 Å². The van der Waals surface area contributed by atoms with Crippen LogP contribution in [0.3, 0.4) is 0 Å². The summed E-state index contributed by atoms with van der Waals surface area (Å²) >= 11 is -2.04. The second-order valence-electron chi connectivity index (χ2n) is 3.98. The van der Waals surface area contributed by atoms with Crippen LogP contribution in [0.25, 0.3) is 0 Å². The van der Waals surface area contributed by atoms with Crippen LogP contribution in [0.4, 0.5) is 5.69 Å². The lowest BCUT2D eigenvalue weighted by Crippen LogP contribution is -2.19. The minimum atomic E-state index is -2.04. The van der Waals surface area contributed by atoms with Crippen LogP contribution in [0.1, 0.15) is 37.9 Å². The minimum absolute atomic E-state index is 0.504. The first kappa shape index (κ1) is 14.2. The third-order valence-electron chi connectivity index (χ3n) is 2.68. The second-order valence-corrected chi connectivity index (χ2v) is 4.99. The molecular weight excluding hydrogens is 238 g/mol. The molecule has 5 heteroatoms. The largest absolute Gasteiger partial charge is 0.388 e. The number of nitrogens with zero attached hydrogens (tertiary/aromatic N) is 1. The smallest absolute Gasteiger partial charge is 0.261 e. The van der Waals surface area contributed by atoms with Gasteiger partial charge in [-0.2, -0.15) is 0 Å². The monoisotopic (exact) mass is 257 g/mol. The first-order valence-electron chi connectivity index (χ1n) is 5.69. The van der Waals surface area contributed by atoms with E-state index in [9.17, 15) is 9.32 Å². The van der Waals surface area contributed by atoms with Crippen molar-refractivity contribution < 1.29 is 13.9 Å². The van der Waals surface area contributed by atoms with Crippen LogP contribution in [0.5, 0.6) is 0 Å². The summed E-state index contributed by atoms with van der Waals surface area (Å²) in [5, 5.41) is 9.94. The van der Waals surface area contributed by atoms with Crippen molar-refractivity contribution in [3.8, 4) is 0 Å². The second kappa shape index (κ2) is 6.74. The van der Waals surface area contributed by atoms with Crippen LogP contribution in [0.15, 0.2) is 24.3 Å². The van der Waals surface area contributed by atoms with Crippen molar-refractivity contribution in [2.24, 2.45) is 0 Å². The number of aliphatic hydroxyl groups excluding tert-OH is 1. The molecule has 1 rings (SSSR count). The number of anilines is 1. The SMILES string of the molecule is CCCCC(O)c1cccc(N(C)S(=O)O)c1. The predicted molar refractivity (Wildman–Crippen MR) is 70.1 cm³/mol. The number of rotatable bonds is 6. The van der Waals surface area contributed by atoms with Gasteiger partial charge in [0.15, 0.2) is 0 Å². The highest BCUT2D eigenvalue weighted by molar-refractivity contribution is 7.80. The molecule has 0 spiro atoms. The van der Waals surface area contributed by atoms with Crippen molar-refractivity contribution in [3.63, 3.8) is 0 Å². The molecule has 0 bridgehead atoms. The Morgan fingerprint density at radius 2 is 2.18 bits per heavy atom. The van der Waals surface area contributed by atoms with Gasteiger partial charge in [0.1, 0.15) is 0 Å². The Labute approximate surface area is 105 Å². The van der Waals surface area contributed by atoms with E-state index in [2.05, 4.69) is 6.92 Å². The van der Waals surface area contributed by atoms with Gasteiger partial charge in [-0.25, -0.2) is 4.21 Å².